The van der Waals surface area contributed by atoms with E-state index in [1.165, 1.54) is 17.5 Å². The number of hydrogen-bond donors (Lipinski definition) is 1. The highest BCUT2D eigenvalue weighted by Crippen LogP contribution is 2.32. The SMILES string of the molecule is CC(NCCn1nnc2c(cnn2C)c1=O)C1CC1. The van der Waals surface area contributed by atoms with E-state index in [9.17, 15) is 4.79 Å². The summed E-state index contributed by atoms with van der Waals surface area (Å²) in [4.78, 5) is 12.1. The van der Waals surface area contributed by atoms with E-state index in [0.29, 0.717) is 23.6 Å². The highest BCUT2D eigenvalue weighted by atomic mass is 16.1. The van der Waals surface area contributed by atoms with E-state index in [1.54, 1.807) is 17.9 Å². The molecule has 0 amide bonds. The average Bonchev–Trinajstić information content (AvgIpc) is 3.17. The number of aromatic nitrogens is 5. The van der Waals surface area contributed by atoms with Crippen molar-refractivity contribution in [2.24, 2.45) is 13.0 Å². The minimum Gasteiger partial charge on any atom is -0.312 e. The molecule has 7 nitrogen and oxygen atoms in total. The molecule has 1 aliphatic carbocycles. The van der Waals surface area contributed by atoms with Gasteiger partial charge in [-0.15, -0.1) is 5.10 Å². The fourth-order valence-corrected chi connectivity index (χ4v) is 2.28. The molecule has 7 heteroatoms. The third-order valence-corrected chi connectivity index (χ3v) is 3.74. The van der Waals surface area contributed by atoms with Crippen molar-refractivity contribution in [3.05, 3.63) is 16.6 Å². The first kappa shape index (κ1) is 12.3. The zero-order chi connectivity index (χ0) is 13.4. The van der Waals surface area contributed by atoms with E-state index in [4.69, 9.17) is 0 Å². The Kier molecular flexibility index (Phi) is 3.06. The molecular weight excluding hydrogens is 244 g/mol. The molecule has 1 N–H and O–H groups in total. The first-order chi connectivity index (χ1) is 9.16. The first-order valence-corrected chi connectivity index (χ1v) is 6.65. The van der Waals surface area contributed by atoms with Crippen LogP contribution in [0.2, 0.25) is 0 Å². The summed E-state index contributed by atoms with van der Waals surface area (Å²) < 4.78 is 2.96. The third kappa shape index (κ3) is 2.37. The van der Waals surface area contributed by atoms with Gasteiger partial charge < -0.3 is 5.32 Å². The number of fused-ring (bicyclic) bond motifs is 1. The quantitative estimate of drug-likeness (QED) is 0.815. The van der Waals surface area contributed by atoms with Crippen LogP contribution in [-0.2, 0) is 13.6 Å². The van der Waals surface area contributed by atoms with Gasteiger partial charge in [0.05, 0.1) is 12.7 Å². The smallest absolute Gasteiger partial charge is 0.280 e. The molecule has 0 bridgehead atoms. The minimum atomic E-state index is -0.126. The van der Waals surface area contributed by atoms with Crippen molar-refractivity contribution in [2.75, 3.05) is 6.54 Å². The van der Waals surface area contributed by atoms with Gasteiger partial charge in [0.1, 0.15) is 5.39 Å². The Morgan fingerprint density at radius 3 is 3.05 bits per heavy atom. The van der Waals surface area contributed by atoms with Crippen LogP contribution in [-0.4, -0.2) is 37.4 Å². The van der Waals surface area contributed by atoms with E-state index in [2.05, 4.69) is 27.7 Å². The van der Waals surface area contributed by atoms with Crippen LogP contribution < -0.4 is 10.9 Å². The lowest BCUT2D eigenvalue weighted by Gasteiger charge is -2.12. The predicted molar refractivity (Wildman–Crippen MR) is 70.8 cm³/mol. The largest absolute Gasteiger partial charge is 0.312 e. The maximum atomic E-state index is 12.1. The van der Waals surface area contributed by atoms with Crippen molar-refractivity contribution in [3.8, 4) is 0 Å². The lowest BCUT2D eigenvalue weighted by Crippen LogP contribution is -2.34. The lowest BCUT2D eigenvalue weighted by atomic mass is 10.2. The van der Waals surface area contributed by atoms with Crippen LogP contribution in [0.3, 0.4) is 0 Å². The molecular formula is C12H18N6O. The van der Waals surface area contributed by atoms with Gasteiger partial charge in [0.15, 0.2) is 5.65 Å². The summed E-state index contributed by atoms with van der Waals surface area (Å²) in [6.45, 7) is 3.46. The monoisotopic (exact) mass is 262 g/mol. The molecule has 0 saturated heterocycles. The second kappa shape index (κ2) is 4.73. The van der Waals surface area contributed by atoms with E-state index < -0.39 is 0 Å². The molecule has 2 heterocycles. The zero-order valence-electron chi connectivity index (χ0n) is 11.2. The molecule has 1 saturated carbocycles. The van der Waals surface area contributed by atoms with Gasteiger partial charge >= 0.3 is 0 Å². The topological polar surface area (TPSA) is 77.6 Å². The number of nitrogens with zero attached hydrogens (tertiary/aromatic N) is 5. The highest BCUT2D eigenvalue weighted by molar-refractivity contribution is 5.72. The molecule has 19 heavy (non-hydrogen) atoms. The van der Waals surface area contributed by atoms with E-state index in [1.807, 2.05) is 0 Å². The number of nitrogens with one attached hydrogen (secondary N) is 1. The van der Waals surface area contributed by atoms with Crippen LogP contribution >= 0.6 is 0 Å². The van der Waals surface area contributed by atoms with Crippen LogP contribution in [0.4, 0.5) is 0 Å². The average molecular weight is 262 g/mol. The second-order valence-corrected chi connectivity index (χ2v) is 5.20. The summed E-state index contributed by atoms with van der Waals surface area (Å²) in [5.74, 6) is 0.809. The van der Waals surface area contributed by atoms with E-state index in [0.717, 1.165) is 12.5 Å². The summed E-state index contributed by atoms with van der Waals surface area (Å²) in [6, 6.07) is 0.519. The summed E-state index contributed by atoms with van der Waals surface area (Å²) in [7, 11) is 1.75. The van der Waals surface area contributed by atoms with Gasteiger partial charge in [-0.3, -0.25) is 4.79 Å². The Balaban J connectivity index is 1.70. The maximum absolute atomic E-state index is 12.1. The molecule has 1 aliphatic rings. The summed E-state index contributed by atoms with van der Waals surface area (Å²) in [5.41, 5.74) is 0.402. The predicted octanol–water partition coefficient (Wildman–Crippen LogP) is -0.0869. The van der Waals surface area contributed by atoms with Crippen LogP contribution in [0.25, 0.3) is 11.0 Å². The summed E-state index contributed by atoms with van der Waals surface area (Å²) in [5, 5.41) is 16.0. The standard InChI is InChI=1S/C12H18N6O/c1-8(9-3-4-9)13-5-6-18-12(19)10-7-14-17(2)11(10)15-16-18/h7-9,13H,3-6H2,1-2H3. The van der Waals surface area contributed by atoms with Crippen LogP contribution in [0.1, 0.15) is 19.8 Å². The Labute approximate surface area is 110 Å². The third-order valence-electron chi connectivity index (χ3n) is 3.74. The van der Waals surface area contributed by atoms with Crippen molar-refractivity contribution < 1.29 is 0 Å². The van der Waals surface area contributed by atoms with Crippen molar-refractivity contribution in [2.45, 2.75) is 32.4 Å². The Hall–Kier alpha value is -1.76. The zero-order valence-corrected chi connectivity index (χ0v) is 11.2. The normalized spacial score (nSPS) is 16.9. The van der Waals surface area contributed by atoms with Gasteiger partial charge in [-0.1, -0.05) is 5.21 Å². The molecule has 1 fully saturated rings. The Morgan fingerprint density at radius 2 is 2.32 bits per heavy atom. The van der Waals surface area contributed by atoms with Crippen LogP contribution in [0.5, 0.6) is 0 Å². The van der Waals surface area contributed by atoms with Crippen LogP contribution in [0, 0.1) is 5.92 Å². The van der Waals surface area contributed by atoms with Gasteiger partial charge in [0, 0.05) is 19.6 Å². The maximum Gasteiger partial charge on any atom is 0.280 e. The minimum absolute atomic E-state index is 0.126. The molecule has 0 aliphatic heterocycles. The Bertz CT molecular complexity index is 641. The highest BCUT2D eigenvalue weighted by Gasteiger charge is 2.27. The van der Waals surface area contributed by atoms with Gasteiger partial charge in [-0.05, 0) is 25.7 Å². The molecule has 1 unspecified atom stereocenters. The molecule has 1 atom stereocenters. The van der Waals surface area contributed by atoms with Crippen molar-refractivity contribution in [1.29, 1.82) is 0 Å². The number of rotatable bonds is 5. The number of hydrogen-bond acceptors (Lipinski definition) is 5. The van der Waals surface area contributed by atoms with Crippen molar-refractivity contribution in [1.82, 2.24) is 30.1 Å². The van der Waals surface area contributed by atoms with Crippen molar-refractivity contribution >= 4 is 11.0 Å². The number of aryl methyl sites for hydroxylation is 1. The molecule has 2 aromatic heterocycles. The lowest BCUT2D eigenvalue weighted by molar-refractivity contribution is 0.448. The van der Waals surface area contributed by atoms with Gasteiger partial charge in [-0.2, -0.15) is 5.10 Å². The molecule has 102 valence electrons. The molecule has 0 radical (unpaired) electrons. The van der Waals surface area contributed by atoms with Crippen LogP contribution in [0.15, 0.2) is 11.0 Å². The van der Waals surface area contributed by atoms with Crippen molar-refractivity contribution in [3.63, 3.8) is 0 Å². The van der Waals surface area contributed by atoms with Gasteiger partial charge in [0.2, 0.25) is 0 Å². The summed E-state index contributed by atoms with van der Waals surface area (Å²) >= 11 is 0. The fraction of sp³-hybridized carbons (Fsp3) is 0.667. The fourth-order valence-electron chi connectivity index (χ4n) is 2.28. The molecule has 0 aromatic carbocycles. The second-order valence-electron chi connectivity index (χ2n) is 5.20. The Morgan fingerprint density at radius 1 is 1.53 bits per heavy atom. The molecule has 2 aromatic rings. The molecule has 3 rings (SSSR count). The molecule has 0 spiro atoms. The first-order valence-electron chi connectivity index (χ1n) is 6.65. The summed E-state index contributed by atoms with van der Waals surface area (Å²) in [6.07, 6.45) is 4.17. The van der Waals surface area contributed by atoms with E-state index in [-0.39, 0.29) is 5.56 Å². The van der Waals surface area contributed by atoms with E-state index >= 15 is 0 Å². The van der Waals surface area contributed by atoms with Gasteiger partial charge in [-0.25, -0.2) is 9.36 Å². The van der Waals surface area contributed by atoms with Gasteiger partial charge in [0.25, 0.3) is 5.56 Å².